The van der Waals surface area contributed by atoms with E-state index in [4.69, 9.17) is 0 Å². The van der Waals surface area contributed by atoms with Gasteiger partial charge in [0.25, 0.3) is 0 Å². The summed E-state index contributed by atoms with van der Waals surface area (Å²) in [5.41, 5.74) is 5.84. The van der Waals surface area contributed by atoms with Gasteiger partial charge in [0.2, 0.25) is 5.78 Å². The second-order valence-corrected chi connectivity index (χ2v) is 6.81. The molecule has 0 saturated heterocycles. The largest absolute Gasteiger partial charge is 0.372 e. The maximum Gasteiger partial charge on any atom is 0.209 e. The van der Waals surface area contributed by atoms with E-state index in [1.54, 1.807) is 0 Å². The predicted octanol–water partition coefficient (Wildman–Crippen LogP) is 5.68. The first kappa shape index (κ1) is 18.1. The summed E-state index contributed by atoms with van der Waals surface area (Å²) in [5.74, 6) is 0.0350. The molecule has 0 bridgehead atoms. The van der Waals surface area contributed by atoms with Crippen molar-refractivity contribution in [2.24, 2.45) is 0 Å². The summed E-state index contributed by atoms with van der Waals surface area (Å²) >= 11 is 0. The first-order valence-electron chi connectivity index (χ1n) is 9.78. The molecule has 0 atom stereocenters. The van der Waals surface area contributed by atoms with E-state index >= 15 is 0 Å². The zero-order valence-corrected chi connectivity index (χ0v) is 16.3. The Hall–Kier alpha value is -3.33. The fourth-order valence-corrected chi connectivity index (χ4v) is 3.74. The number of benzene rings is 2. The lowest BCUT2D eigenvalue weighted by Gasteiger charge is -2.21. The van der Waals surface area contributed by atoms with Crippen LogP contribution in [0, 0.1) is 0 Å². The summed E-state index contributed by atoms with van der Waals surface area (Å²) in [6.45, 7) is 6.31. The number of rotatable bonds is 6. The number of hydrogen-bond acceptors (Lipinski definition) is 2. The Labute approximate surface area is 165 Å². The lowest BCUT2D eigenvalue weighted by Crippen LogP contribution is -2.21. The van der Waals surface area contributed by atoms with E-state index in [9.17, 15) is 4.79 Å². The van der Waals surface area contributed by atoms with Gasteiger partial charge in [0.1, 0.15) is 0 Å². The fraction of sp³-hybridized carbons (Fsp3) is 0.160. The number of carbonyl (C=O) groups excluding carboxylic acids is 1. The van der Waals surface area contributed by atoms with E-state index in [1.807, 2.05) is 59.1 Å². The fourth-order valence-electron chi connectivity index (χ4n) is 3.74. The van der Waals surface area contributed by atoms with Crippen LogP contribution in [0.5, 0.6) is 0 Å². The molecule has 0 N–H and O–H groups in total. The van der Waals surface area contributed by atoms with Gasteiger partial charge >= 0.3 is 0 Å². The summed E-state index contributed by atoms with van der Waals surface area (Å²) in [6.07, 6.45) is 1.96. The van der Waals surface area contributed by atoms with Crippen LogP contribution in [-0.2, 0) is 0 Å². The minimum Gasteiger partial charge on any atom is -0.372 e. The Morgan fingerprint density at radius 3 is 2.21 bits per heavy atom. The molecule has 0 saturated carbocycles. The Kier molecular flexibility index (Phi) is 4.98. The summed E-state index contributed by atoms with van der Waals surface area (Å²) in [5, 5.41) is 0. The number of pyridine rings is 1. The smallest absolute Gasteiger partial charge is 0.209 e. The molecule has 0 aliphatic rings. The van der Waals surface area contributed by atoms with Crippen molar-refractivity contribution < 1.29 is 4.79 Å². The SMILES string of the molecule is CCN(CC)c1ccc(-c2cc(C(=O)c3ccccc3)n3ccccc23)cc1. The summed E-state index contributed by atoms with van der Waals surface area (Å²) in [7, 11) is 0. The lowest BCUT2D eigenvalue weighted by molar-refractivity contribution is 0.103. The van der Waals surface area contributed by atoms with Crippen LogP contribution in [0.3, 0.4) is 0 Å². The van der Waals surface area contributed by atoms with E-state index in [1.165, 1.54) is 5.69 Å². The monoisotopic (exact) mass is 368 g/mol. The van der Waals surface area contributed by atoms with Gasteiger partial charge in [-0.15, -0.1) is 0 Å². The Balaban J connectivity index is 1.80. The van der Waals surface area contributed by atoms with E-state index in [0.717, 1.165) is 29.7 Å². The van der Waals surface area contributed by atoms with Crippen molar-refractivity contribution in [2.75, 3.05) is 18.0 Å². The molecule has 140 valence electrons. The molecule has 0 fully saturated rings. The summed E-state index contributed by atoms with van der Waals surface area (Å²) < 4.78 is 1.99. The number of aromatic nitrogens is 1. The van der Waals surface area contributed by atoms with Crippen molar-refractivity contribution in [3.05, 3.63) is 96.3 Å². The average Bonchev–Trinajstić information content (AvgIpc) is 3.15. The standard InChI is InChI=1S/C25H24N2O/c1-3-26(4-2)21-15-13-19(14-16-21)22-18-24(27-17-9-8-12-23(22)27)25(28)20-10-6-5-7-11-20/h5-18H,3-4H2,1-2H3. The second kappa shape index (κ2) is 7.73. The topological polar surface area (TPSA) is 24.7 Å². The second-order valence-electron chi connectivity index (χ2n) is 6.81. The molecule has 2 heterocycles. The average molecular weight is 368 g/mol. The van der Waals surface area contributed by atoms with Crippen molar-refractivity contribution in [1.82, 2.24) is 4.40 Å². The molecule has 2 aromatic carbocycles. The maximum absolute atomic E-state index is 13.1. The molecule has 4 rings (SSSR count). The quantitative estimate of drug-likeness (QED) is 0.409. The zero-order chi connectivity index (χ0) is 19.5. The van der Waals surface area contributed by atoms with Gasteiger partial charge in [-0.25, -0.2) is 0 Å². The maximum atomic E-state index is 13.1. The minimum absolute atomic E-state index is 0.0350. The number of fused-ring (bicyclic) bond motifs is 1. The van der Waals surface area contributed by atoms with Crippen LogP contribution in [0.4, 0.5) is 5.69 Å². The third-order valence-electron chi connectivity index (χ3n) is 5.25. The van der Waals surface area contributed by atoms with Crippen LogP contribution in [0.1, 0.15) is 29.9 Å². The molecule has 0 aliphatic heterocycles. The molecule has 28 heavy (non-hydrogen) atoms. The van der Waals surface area contributed by atoms with Crippen LogP contribution in [0.15, 0.2) is 85.1 Å². The van der Waals surface area contributed by atoms with Crippen molar-refractivity contribution >= 4 is 17.0 Å². The van der Waals surface area contributed by atoms with E-state index < -0.39 is 0 Å². The number of anilines is 1. The minimum atomic E-state index is 0.0350. The molecule has 0 spiro atoms. The third kappa shape index (κ3) is 3.20. The highest BCUT2D eigenvalue weighted by Gasteiger charge is 2.17. The molecule has 3 nitrogen and oxygen atoms in total. The number of ketones is 1. The zero-order valence-electron chi connectivity index (χ0n) is 16.3. The van der Waals surface area contributed by atoms with Crippen molar-refractivity contribution in [1.29, 1.82) is 0 Å². The van der Waals surface area contributed by atoms with Crippen LogP contribution >= 0.6 is 0 Å². The number of nitrogens with zero attached hydrogens (tertiary/aromatic N) is 2. The van der Waals surface area contributed by atoms with E-state index in [2.05, 4.69) is 49.1 Å². The molecular formula is C25H24N2O. The van der Waals surface area contributed by atoms with Gasteiger partial charge in [0, 0.05) is 36.1 Å². The molecule has 0 unspecified atom stereocenters. The van der Waals surface area contributed by atoms with Crippen LogP contribution in [-0.4, -0.2) is 23.3 Å². The van der Waals surface area contributed by atoms with Crippen LogP contribution in [0.2, 0.25) is 0 Å². The van der Waals surface area contributed by atoms with Gasteiger partial charge in [-0.3, -0.25) is 4.79 Å². The Morgan fingerprint density at radius 1 is 0.857 bits per heavy atom. The van der Waals surface area contributed by atoms with E-state index in [0.29, 0.717) is 11.3 Å². The van der Waals surface area contributed by atoms with Crippen molar-refractivity contribution in [3.8, 4) is 11.1 Å². The third-order valence-corrected chi connectivity index (χ3v) is 5.25. The Morgan fingerprint density at radius 2 is 1.54 bits per heavy atom. The molecule has 0 aliphatic carbocycles. The predicted molar refractivity (Wildman–Crippen MR) is 116 cm³/mol. The van der Waals surface area contributed by atoms with Crippen molar-refractivity contribution in [3.63, 3.8) is 0 Å². The summed E-state index contributed by atoms with van der Waals surface area (Å²) in [6, 6.07) is 26.1. The first-order valence-corrected chi connectivity index (χ1v) is 9.78. The lowest BCUT2D eigenvalue weighted by atomic mass is 10.0. The molecule has 0 amide bonds. The normalized spacial score (nSPS) is 10.9. The van der Waals surface area contributed by atoms with Gasteiger partial charge in [-0.2, -0.15) is 0 Å². The Bertz CT molecular complexity index is 1090. The van der Waals surface area contributed by atoms with Crippen LogP contribution < -0.4 is 4.90 Å². The highest BCUT2D eigenvalue weighted by atomic mass is 16.1. The highest BCUT2D eigenvalue weighted by molar-refractivity contribution is 6.10. The molecule has 2 aromatic heterocycles. The first-order chi connectivity index (χ1) is 13.7. The molecule has 3 heteroatoms. The van der Waals surface area contributed by atoms with Gasteiger partial charge in [0.05, 0.1) is 11.2 Å². The van der Waals surface area contributed by atoms with Gasteiger partial charge in [-0.05, 0) is 49.7 Å². The molecular weight excluding hydrogens is 344 g/mol. The van der Waals surface area contributed by atoms with Gasteiger partial charge in [0.15, 0.2) is 0 Å². The summed E-state index contributed by atoms with van der Waals surface area (Å²) in [4.78, 5) is 15.4. The molecule has 0 radical (unpaired) electrons. The van der Waals surface area contributed by atoms with Crippen molar-refractivity contribution in [2.45, 2.75) is 13.8 Å². The van der Waals surface area contributed by atoms with Gasteiger partial charge < -0.3 is 9.30 Å². The number of carbonyl (C=O) groups is 1. The molecule has 4 aromatic rings. The number of hydrogen-bond donors (Lipinski definition) is 0. The van der Waals surface area contributed by atoms with Gasteiger partial charge in [-0.1, -0.05) is 48.5 Å². The van der Waals surface area contributed by atoms with Crippen LogP contribution in [0.25, 0.3) is 16.6 Å². The van der Waals surface area contributed by atoms with E-state index in [-0.39, 0.29) is 5.78 Å². The highest BCUT2D eigenvalue weighted by Crippen LogP contribution is 2.30.